The second-order valence-electron chi connectivity index (χ2n) is 23.6. The number of nitrogens with zero attached hydrogens (tertiary/aromatic N) is 13. The molecule has 2 saturated carbocycles. The number of halogens is 11. The summed E-state index contributed by atoms with van der Waals surface area (Å²) in [5, 5.41) is 43.7. The molecule has 0 saturated heterocycles. The summed E-state index contributed by atoms with van der Waals surface area (Å²) in [5.41, 5.74) is 1.43. The van der Waals surface area contributed by atoms with E-state index >= 15 is 8.78 Å². The minimum absolute atomic E-state index is 0.0666. The molecule has 0 bridgehead atoms. The fraction of sp³-hybridized carbons (Fsp3) is 0.414. The number of nitriles is 2. The Kier molecular flexibility index (Phi) is 19.6. The molecule has 0 unspecified atom stereocenters. The van der Waals surface area contributed by atoms with Gasteiger partial charge in [0.1, 0.15) is 34.6 Å². The van der Waals surface area contributed by atoms with Crippen LogP contribution in [-0.2, 0) is 23.9 Å². The second-order valence-corrected chi connectivity index (χ2v) is 25.4. The molecule has 0 aliphatic heterocycles. The van der Waals surface area contributed by atoms with Gasteiger partial charge in [-0.15, -0.1) is 10.2 Å². The Morgan fingerprint density at radius 3 is 1.56 bits per heavy atom. The van der Waals surface area contributed by atoms with Gasteiger partial charge in [0.05, 0.1) is 43.6 Å². The van der Waals surface area contributed by atoms with Crippen LogP contribution in [0.4, 0.5) is 46.5 Å². The molecule has 6 heterocycles. The number of rotatable bonds is 16. The molecule has 0 amide bonds. The monoisotopic (exact) mass is 1310 g/mol. The van der Waals surface area contributed by atoms with Gasteiger partial charge >= 0.3 is 24.8 Å². The van der Waals surface area contributed by atoms with E-state index in [1.165, 1.54) is 24.5 Å². The maximum atomic E-state index is 15.9. The maximum absolute atomic E-state index is 15.9. The summed E-state index contributed by atoms with van der Waals surface area (Å²) in [6, 6.07) is 14.8. The summed E-state index contributed by atoms with van der Waals surface area (Å²) in [6.07, 6.45) is -2.20. The van der Waals surface area contributed by atoms with Gasteiger partial charge in [-0.05, 0) is 132 Å². The number of alkyl halides is 4. The van der Waals surface area contributed by atoms with Crippen molar-refractivity contribution in [2.24, 2.45) is 15.1 Å². The van der Waals surface area contributed by atoms with Gasteiger partial charge in [0.25, 0.3) is 12.9 Å². The first-order valence-electron chi connectivity index (χ1n) is 26.8. The standard InChI is InChI=1S/C29H27BrClF4N7.C29H28ClF4N7.BHNS/c1-14-17(5-6-20(32)39-14)18(24-26(33)42(41-40-24)29(7-8-29)27(34)35)9-15-10-19(31)25-21(22(15)30)23(16(11-36)12-37-25)38-13-28(2,3)4;1-15-18(5-6-22(31)38-15)19(25-26(32)41(40-39-25)29(7-8-29)27(33)34)9-16-10-20-23(37-14-28(2,3)4)17(12-35)13-36-24(20)21(30)11-16;1-2-3/h5-6,10,12,18,27H,7-9,13H2,1-4H3,(H,37,38);5-6,10-11,13,19,27H,7-9,14H2,1-4H3,(H,36,37);3H/t18-;19-;/m00./s1. The molecule has 1 radical (unpaired) electrons. The van der Waals surface area contributed by atoms with Crippen molar-refractivity contribution in [3.63, 3.8) is 0 Å². The Labute approximate surface area is 515 Å². The average Bonchev–Trinajstić information content (AvgIpc) is 1.63. The van der Waals surface area contributed by atoms with Crippen LogP contribution in [0.15, 0.2) is 63.6 Å². The Hall–Kier alpha value is -6.87. The third-order valence-corrected chi connectivity index (χ3v) is 16.3. The van der Waals surface area contributed by atoms with Crippen molar-refractivity contribution in [3.05, 3.63) is 149 Å². The number of benzene rings is 2. The molecule has 28 heteroatoms. The van der Waals surface area contributed by atoms with E-state index in [-0.39, 0.29) is 71.5 Å². The van der Waals surface area contributed by atoms with E-state index in [4.69, 9.17) is 23.2 Å². The Balaban J connectivity index is 0.000000214. The number of aryl methyl sites for hydroxylation is 2. The second kappa shape index (κ2) is 25.8. The molecule has 86 heavy (non-hydrogen) atoms. The Morgan fingerprint density at radius 1 is 0.698 bits per heavy atom. The molecule has 10 rings (SSSR count). The van der Waals surface area contributed by atoms with Crippen LogP contribution in [0.2, 0.25) is 10.0 Å². The van der Waals surface area contributed by atoms with Crippen LogP contribution in [0.1, 0.15) is 135 Å². The zero-order valence-electron chi connectivity index (χ0n) is 47.7. The van der Waals surface area contributed by atoms with Gasteiger partial charge in [0.15, 0.2) is 0 Å². The third-order valence-electron chi connectivity index (χ3n) is 14.8. The first-order chi connectivity index (χ1) is 40.5. The molecule has 2 fully saturated rings. The van der Waals surface area contributed by atoms with E-state index < -0.39 is 59.6 Å². The number of thiol groups is 1. The van der Waals surface area contributed by atoms with Crippen molar-refractivity contribution in [2.75, 3.05) is 23.7 Å². The van der Waals surface area contributed by atoms with Crippen LogP contribution in [-0.4, -0.2) is 83.5 Å². The number of aromatic nitrogens is 10. The van der Waals surface area contributed by atoms with Crippen LogP contribution in [0.3, 0.4) is 0 Å². The van der Waals surface area contributed by atoms with Crippen LogP contribution in [0, 0.1) is 71.1 Å². The van der Waals surface area contributed by atoms with Crippen molar-refractivity contribution in [1.29, 1.82) is 10.5 Å². The topological polar surface area (TPSA) is 197 Å². The first kappa shape index (κ1) is 65.1. The first-order valence-corrected chi connectivity index (χ1v) is 28.8. The van der Waals surface area contributed by atoms with Crippen LogP contribution in [0.5, 0.6) is 0 Å². The molecule has 2 aliphatic carbocycles. The average molecular weight is 1310 g/mol. The SMILES string of the molecule is Cc1nc(F)ccc1[C@H](Cc1cc(Cl)c2ncc(C#N)c(NCC(C)(C)C)c2c1)c1nnn(C2(C(F)F)CC2)c1F.Cc1nc(F)ccc1[C@H](Cc1cc(Cl)c2ncc(C#N)c(NCC(C)(C)C)c2c1Br)c1nnn(C2(C(F)F)CC2)c1F.[B]=NS. The van der Waals surface area contributed by atoms with Crippen LogP contribution >= 0.6 is 51.9 Å². The third kappa shape index (κ3) is 13.6. The van der Waals surface area contributed by atoms with E-state index in [0.29, 0.717) is 104 Å². The van der Waals surface area contributed by atoms with Crippen molar-refractivity contribution in [1.82, 2.24) is 49.9 Å². The van der Waals surface area contributed by atoms with E-state index in [9.17, 15) is 36.9 Å². The Morgan fingerprint density at radius 2 is 1.13 bits per heavy atom. The molecular weight excluding hydrogens is 1250 g/mol. The summed E-state index contributed by atoms with van der Waals surface area (Å²) in [7, 11) is 4.34. The minimum atomic E-state index is -2.82. The number of pyridine rings is 4. The summed E-state index contributed by atoms with van der Waals surface area (Å²) < 4.78 is 120. The van der Waals surface area contributed by atoms with Crippen molar-refractivity contribution < 1.29 is 35.1 Å². The summed E-state index contributed by atoms with van der Waals surface area (Å²) in [6.45, 7) is 16.6. The summed E-state index contributed by atoms with van der Waals surface area (Å²) in [5.74, 6) is -5.11. The number of hydrogen-bond donors (Lipinski definition) is 3. The van der Waals surface area contributed by atoms with E-state index in [0.717, 1.165) is 12.1 Å². The summed E-state index contributed by atoms with van der Waals surface area (Å²) >= 11 is 20.2. The van der Waals surface area contributed by atoms with Gasteiger partial charge in [-0.2, -0.15) is 28.1 Å². The normalized spacial score (nSPS) is 14.8. The molecular formula is C58H56BBrCl2F8N15S. The van der Waals surface area contributed by atoms with Gasteiger partial charge in [-0.25, -0.2) is 36.9 Å². The van der Waals surface area contributed by atoms with Crippen LogP contribution < -0.4 is 10.6 Å². The Bertz CT molecular complexity index is 3970. The number of fused-ring (bicyclic) bond motifs is 2. The molecule has 8 aromatic rings. The number of nitrogens with one attached hydrogen (secondary N) is 2. The van der Waals surface area contributed by atoms with Gasteiger partial charge < -0.3 is 10.6 Å². The summed E-state index contributed by atoms with van der Waals surface area (Å²) in [4.78, 5) is 16.6. The molecule has 2 aliphatic rings. The zero-order valence-corrected chi connectivity index (χ0v) is 51.7. The van der Waals surface area contributed by atoms with Crippen molar-refractivity contribution in [3.8, 4) is 12.1 Å². The molecule has 0 spiro atoms. The predicted octanol–water partition coefficient (Wildman–Crippen LogP) is 14.8. The van der Waals surface area contributed by atoms with Crippen molar-refractivity contribution >= 4 is 92.8 Å². The molecule has 449 valence electrons. The number of hydrogen-bond acceptors (Lipinski definition) is 14. The van der Waals surface area contributed by atoms with E-state index in [1.807, 2.05) is 26.8 Å². The quantitative estimate of drug-likeness (QED) is 0.0359. The van der Waals surface area contributed by atoms with E-state index in [2.05, 4.69) is 125 Å². The molecule has 2 N–H and O–H groups in total. The van der Waals surface area contributed by atoms with Crippen LogP contribution in [0.25, 0.3) is 21.8 Å². The van der Waals surface area contributed by atoms with Gasteiger partial charge in [-0.1, -0.05) is 87.3 Å². The molecule has 2 aromatic carbocycles. The van der Waals surface area contributed by atoms with E-state index in [1.54, 1.807) is 26.0 Å². The fourth-order valence-electron chi connectivity index (χ4n) is 10.0. The van der Waals surface area contributed by atoms with Gasteiger partial charge in [-0.3, -0.25) is 9.97 Å². The predicted molar refractivity (Wildman–Crippen MR) is 319 cm³/mol. The van der Waals surface area contributed by atoms with Gasteiger partial charge in [0, 0.05) is 64.0 Å². The zero-order chi connectivity index (χ0) is 63.0. The van der Waals surface area contributed by atoms with Crippen molar-refractivity contribution in [2.45, 2.75) is 130 Å². The molecule has 2 atom stereocenters. The molecule has 6 aromatic heterocycles. The number of anilines is 2. The fourth-order valence-corrected chi connectivity index (χ4v) is 11.3. The van der Waals surface area contributed by atoms with Gasteiger partial charge in [0.2, 0.25) is 23.8 Å². The molecule has 15 nitrogen and oxygen atoms in total.